The second-order valence-corrected chi connectivity index (χ2v) is 10.8. The van der Waals surface area contributed by atoms with Crippen LogP contribution in [0.15, 0.2) is 12.1 Å². The normalized spacial score (nSPS) is 17.9. The van der Waals surface area contributed by atoms with Crippen molar-refractivity contribution >= 4 is 35.1 Å². The lowest BCUT2D eigenvalue weighted by atomic mass is 9.94. The van der Waals surface area contributed by atoms with Crippen LogP contribution < -0.4 is 0 Å². The highest BCUT2D eigenvalue weighted by molar-refractivity contribution is 6.30. The zero-order valence-electron chi connectivity index (χ0n) is 21.9. The van der Waals surface area contributed by atoms with E-state index in [1.165, 1.54) is 43.5 Å². The molecule has 2 aromatic heterocycles. The number of aromatic nitrogens is 4. The predicted molar refractivity (Wildman–Crippen MR) is 142 cm³/mol. The Morgan fingerprint density at radius 1 is 0.865 bits per heavy atom. The minimum Gasteiger partial charge on any atom is -0.477 e. The van der Waals surface area contributed by atoms with Crippen molar-refractivity contribution in [3.8, 4) is 0 Å². The summed E-state index contributed by atoms with van der Waals surface area (Å²) < 4.78 is 7.89. The minimum atomic E-state index is -0.974. The van der Waals surface area contributed by atoms with Gasteiger partial charge in [-0.1, -0.05) is 23.2 Å². The van der Waals surface area contributed by atoms with E-state index < -0.39 is 5.97 Å². The topological polar surface area (TPSA) is 106 Å². The fraction of sp³-hybridized carbons (Fsp3) is 0.680. The van der Waals surface area contributed by atoms with Crippen molar-refractivity contribution in [2.45, 2.75) is 51.6 Å². The molecule has 206 valence electrons. The van der Waals surface area contributed by atoms with Crippen LogP contribution in [-0.2, 0) is 17.8 Å². The van der Waals surface area contributed by atoms with Gasteiger partial charge in [0.2, 0.25) is 0 Å². The summed E-state index contributed by atoms with van der Waals surface area (Å²) in [6.07, 6.45) is 6.75. The first-order valence-electron chi connectivity index (χ1n) is 12.8. The summed E-state index contributed by atoms with van der Waals surface area (Å²) in [5.74, 6) is -0.00366. The highest BCUT2D eigenvalue weighted by atomic mass is 35.5. The number of rotatable bonds is 8. The van der Waals surface area contributed by atoms with Crippen molar-refractivity contribution in [2.24, 2.45) is 11.8 Å². The molecule has 2 aliphatic heterocycles. The summed E-state index contributed by atoms with van der Waals surface area (Å²) in [5, 5.41) is 17.8. The van der Waals surface area contributed by atoms with Crippen LogP contribution in [0.2, 0.25) is 10.3 Å². The van der Waals surface area contributed by atoms with E-state index in [1.54, 1.807) is 10.7 Å². The molecular formula is C25H38Cl2N6O4. The van der Waals surface area contributed by atoms with E-state index in [4.69, 9.17) is 33.0 Å². The number of esters is 1. The Bertz CT molecular complexity index is 1030. The fourth-order valence-corrected chi connectivity index (χ4v) is 5.25. The molecule has 1 N–H and O–H groups in total. The second-order valence-electron chi connectivity index (χ2n) is 10.0. The van der Waals surface area contributed by atoms with Gasteiger partial charge in [0.1, 0.15) is 11.4 Å². The number of carbonyl (C=O) groups excluding carboxylic acids is 1. The number of methoxy groups -OCH3 is 1. The molecule has 0 amide bonds. The van der Waals surface area contributed by atoms with Gasteiger partial charge in [0.15, 0.2) is 10.3 Å². The molecule has 0 saturated carbocycles. The number of aromatic carboxylic acids is 1. The molecular weight excluding hydrogens is 519 g/mol. The summed E-state index contributed by atoms with van der Waals surface area (Å²) in [6.45, 7) is 5.88. The Balaban J connectivity index is 0.000000206. The summed E-state index contributed by atoms with van der Waals surface area (Å²) in [6, 6.07) is 2.96. The highest BCUT2D eigenvalue weighted by Crippen LogP contribution is 2.22. The molecule has 4 rings (SSSR count). The van der Waals surface area contributed by atoms with Gasteiger partial charge in [0.05, 0.1) is 7.11 Å². The second kappa shape index (κ2) is 14.1. The van der Waals surface area contributed by atoms with Crippen molar-refractivity contribution in [3.63, 3.8) is 0 Å². The molecule has 2 fully saturated rings. The SMILES string of the molecule is CN1CCC(CCn2nc(Cl)cc2C(=O)O)CC1.COC(=O)c1cc(Cl)nn1CCC1CCN(C)CC1. The lowest BCUT2D eigenvalue weighted by Gasteiger charge is -2.28. The van der Waals surface area contributed by atoms with E-state index in [-0.39, 0.29) is 16.8 Å². The van der Waals surface area contributed by atoms with Gasteiger partial charge in [-0.05, 0) is 90.6 Å². The summed E-state index contributed by atoms with van der Waals surface area (Å²) in [5.41, 5.74) is 0.605. The lowest BCUT2D eigenvalue weighted by molar-refractivity contribution is 0.0584. The van der Waals surface area contributed by atoms with Crippen LogP contribution in [0.25, 0.3) is 0 Å². The molecule has 10 nitrogen and oxygen atoms in total. The van der Waals surface area contributed by atoms with E-state index in [1.807, 2.05) is 0 Å². The van der Waals surface area contributed by atoms with Crippen molar-refractivity contribution < 1.29 is 19.4 Å². The van der Waals surface area contributed by atoms with Crippen molar-refractivity contribution in [1.29, 1.82) is 0 Å². The van der Waals surface area contributed by atoms with Gasteiger partial charge in [-0.15, -0.1) is 0 Å². The zero-order valence-corrected chi connectivity index (χ0v) is 23.4. The average molecular weight is 558 g/mol. The Morgan fingerprint density at radius 3 is 1.68 bits per heavy atom. The molecule has 2 saturated heterocycles. The third-order valence-corrected chi connectivity index (χ3v) is 7.66. The molecule has 0 aliphatic carbocycles. The standard InChI is InChI=1S/C13H20ClN3O2.C12H18ClN3O2/c1-16-6-3-10(4-7-16)5-8-17-11(13(18)19-2)9-12(14)15-17;1-15-5-2-9(3-6-15)4-7-16-10(12(17)18)8-11(13)14-16/h9-10H,3-8H2,1-2H3;8-9H,2-7H2,1H3,(H,17,18). The molecule has 0 spiro atoms. The van der Waals surface area contributed by atoms with Crippen LogP contribution in [0.5, 0.6) is 0 Å². The molecule has 0 bridgehead atoms. The van der Waals surface area contributed by atoms with Gasteiger partial charge in [0.25, 0.3) is 0 Å². The zero-order chi connectivity index (χ0) is 26.9. The van der Waals surface area contributed by atoms with Gasteiger partial charge >= 0.3 is 11.9 Å². The lowest BCUT2D eigenvalue weighted by Crippen LogP contribution is -2.30. The molecule has 0 aromatic carbocycles. The van der Waals surface area contributed by atoms with Crippen molar-refractivity contribution in [3.05, 3.63) is 33.8 Å². The number of ether oxygens (including phenoxy) is 1. The van der Waals surface area contributed by atoms with Crippen LogP contribution in [-0.4, -0.2) is 93.8 Å². The van der Waals surface area contributed by atoms with Gasteiger partial charge < -0.3 is 19.6 Å². The van der Waals surface area contributed by atoms with E-state index in [9.17, 15) is 9.59 Å². The van der Waals surface area contributed by atoms with Crippen molar-refractivity contribution in [2.75, 3.05) is 47.4 Å². The average Bonchev–Trinajstić information content (AvgIpc) is 3.45. The summed E-state index contributed by atoms with van der Waals surface area (Å²) >= 11 is 11.6. The highest BCUT2D eigenvalue weighted by Gasteiger charge is 2.20. The maximum Gasteiger partial charge on any atom is 0.356 e. The monoisotopic (exact) mass is 556 g/mol. The van der Waals surface area contributed by atoms with Crippen LogP contribution in [0.4, 0.5) is 0 Å². The number of carbonyl (C=O) groups is 2. The number of likely N-dealkylation sites (tertiary alicyclic amines) is 2. The Kier molecular flexibility index (Phi) is 11.2. The van der Waals surface area contributed by atoms with Crippen molar-refractivity contribution in [1.82, 2.24) is 29.4 Å². The molecule has 0 radical (unpaired) electrons. The first-order valence-corrected chi connectivity index (χ1v) is 13.6. The Hall–Kier alpha value is -2.14. The number of nitrogens with zero attached hydrogens (tertiary/aromatic N) is 6. The number of hydrogen-bond donors (Lipinski definition) is 1. The van der Waals surface area contributed by atoms with Crippen LogP contribution in [0, 0.1) is 11.8 Å². The predicted octanol–water partition coefficient (Wildman–Crippen LogP) is 4.02. The number of hydrogen-bond acceptors (Lipinski definition) is 7. The number of halogens is 2. The largest absolute Gasteiger partial charge is 0.477 e. The molecule has 12 heteroatoms. The van der Waals surface area contributed by atoms with E-state index in [0.717, 1.165) is 39.0 Å². The van der Waals surface area contributed by atoms with Crippen LogP contribution in [0.3, 0.4) is 0 Å². The molecule has 4 heterocycles. The number of carboxylic acids is 1. The quantitative estimate of drug-likeness (QED) is 0.486. The Morgan fingerprint density at radius 2 is 1.27 bits per heavy atom. The van der Waals surface area contributed by atoms with Crippen LogP contribution in [0.1, 0.15) is 59.5 Å². The van der Waals surface area contributed by atoms with Gasteiger partial charge in [-0.2, -0.15) is 10.2 Å². The molecule has 37 heavy (non-hydrogen) atoms. The third-order valence-electron chi connectivity index (χ3n) is 7.29. The number of piperidine rings is 2. The number of aryl methyl sites for hydroxylation is 2. The molecule has 0 unspecified atom stereocenters. The van der Waals surface area contributed by atoms with E-state index >= 15 is 0 Å². The van der Waals surface area contributed by atoms with Gasteiger partial charge in [-0.25, -0.2) is 9.59 Å². The maximum atomic E-state index is 11.6. The third kappa shape index (κ3) is 8.98. The fourth-order valence-electron chi connectivity index (χ4n) is 4.86. The smallest absolute Gasteiger partial charge is 0.356 e. The molecule has 0 atom stereocenters. The summed E-state index contributed by atoms with van der Waals surface area (Å²) in [7, 11) is 5.65. The maximum absolute atomic E-state index is 11.6. The first kappa shape index (κ1) is 29.4. The van der Waals surface area contributed by atoms with Gasteiger partial charge in [0, 0.05) is 25.2 Å². The Labute approximate surface area is 228 Å². The van der Waals surface area contributed by atoms with E-state index in [0.29, 0.717) is 35.8 Å². The number of carboxylic acid groups (broad SMARTS) is 1. The summed E-state index contributed by atoms with van der Waals surface area (Å²) in [4.78, 5) is 27.3. The first-order chi connectivity index (χ1) is 17.7. The molecule has 2 aromatic rings. The minimum absolute atomic E-state index is 0.174. The van der Waals surface area contributed by atoms with E-state index in [2.05, 4.69) is 34.1 Å². The molecule has 2 aliphatic rings. The van der Waals surface area contributed by atoms with Gasteiger partial charge in [-0.3, -0.25) is 9.36 Å². The van der Waals surface area contributed by atoms with Crippen LogP contribution >= 0.6 is 23.2 Å².